The van der Waals surface area contributed by atoms with Crippen LogP contribution in [0.4, 0.5) is 0 Å². The Morgan fingerprint density at radius 2 is 2.22 bits per heavy atom. The fourth-order valence-corrected chi connectivity index (χ4v) is 3.17. The van der Waals surface area contributed by atoms with Crippen molar-refractivity contribution in [2.75, 3.05) is 25.9 Å². The molecule has 1 rings (SSSR count). The minimum Gasteiger partial charge on any atom is -0.358 e. The highest BCUT2D eigenvalue weighted by Gasteiger charge is 2.22. The zero-order valence-corrected chi connectivity index (χ0v) is 12.2. The van der Waals surface area contributed by atoms with E-state index in [1.54, 1.807) is 18.3 Å². The molecular formula is C11H18N2O3S2. The summed E-state index contributed by atoms with van der Waals surface area (Å²) in [6.07, 6.45) is 0.633. The summed E-state index contributed by atoms with van der Waals surface area (Å²) in [7, 11) is -1.84. The van der Waals surface area contributed by atoms with Gasteiger partial charge in [-0.3, -0.25) is 4.79 Å². The number of carbonyl (C=O) groups excluding carboxylic acids is 1. The Labute approximate surface area is 112 Å². The summed E-state index contributed by atoms with van der Waals surface area (Å²) in [6, 6.07) is 3.89. The van der Waals surface area contributed by atoms with Gasteiger partial charge in [0.05, 0.1) is 12.3 Å². The SMILES string of the molecule is CCS(=O)(=O)N(CCc1cccs1)CC(=O)NC. The minimum atomic E-state index is -3.34. The van der Waals surface area contributed by atoms with Crippen molar-refractivity contribution < 1.29 is 13.2 Å². The summed E-state index contributed by atoms with van der Waals surface area (Å²) in [5.41, 5.74) is 0. The van der Waals surface area contributed by atoms with Crippen LogP contribution in [0, 0.1) is 0 Å². The van der Waals surface area contributed by atoms with Crippen LogP contribution >= 0.6 is 11.3 Å². The van der Waals surface area contributed by atoms with E-state index in [0.29, 0.717) is 13.0 Å². The second-order valence-corrected chi connectivity index (χ2v) is 7.03. The molecule has 0 aromatic carbocycles. The molecule has 0 saturated heterocycles. The van der Waals surface area contributed by atoms with Crippen LogP contribution in [0.1, 0.15) is 11.8 Å². The van der Waals surface area contributed by atoms with Gasteiger partial charge in [0.2, 0.25) is 15.9 Å². The van der Waals surface area contributed by atoms with Crippen molar-refractivity contribution in [3.05, 3.63) is 22.4 Å². The van der Waals surface area contributed by atoms with Gasteiger partial charge in [-0.2, -0.15) is 4.31 Å². The van der Waals surface area contributed by atoms with Crippen molar-refractivity contribution in [2.24, 2.45) is 0 Å². The van der Waals surface area contributed by atoms with Crippen molar-refractivity contribution in [3.8, 4) is 0 Å². The molecule has 0 atom stereocenters. The second-order valence-electron chi connectivity index (χ2n) is 3.74. The Balaban J connectivity index is 2.69. The molecule has 0 saturated carbocycles. The maximum atomic E-state index is 11.9. The molecule has 0 fully saturated rings. The lowest BCUT2D eigenvalue weighted by atomic mass is 10.3. The predicted molar refractivity (Wildman–Crippen MR) is 73.1 cm³/mol. The fraction of sp³-hybridized carbons (Fsp3) is 0.545. The number of amides is 1. The van der Waals surface area contributed by atoms with Crippen LogP contribution in [-0.4, -0.2) is 44.5 Å². The lowest BCUT2D eigenvalue weighted by Gasteiger charge is -2.20. The van der Waals surface area contributed by atoms with Crippen LogP contribution in [0.5, 0.6) is 0 Å². The van der Waals surface area contributed by atoms with E-state index < -0.39 is 10.0 Å². The highest BCUT2D eigenvalue weighted by Crippen LogP contribution is 2.11. The molecule has 7 heteroatoms. The highest BCUT2D eigenvalue weighted by atomic mass is 32.2. The largest absolute Gasteiger partial charge is 0.358 e. The lowest BCUT2D eigenvalue weighted by Crippen LogP contribution is -2.41. The number of hydrogen-bond donors (Lipinski definition) is 1. The third kappa shape index (κ3) is 4.40. The van der Waals surface area contributed by atoms with Gasteiger partial charge in [-0.25, -0.2) is 8.42 Å². The normalized spacial score (nSPS) is 11.7. The van der Waals surface area contributed by atoms with Crippen LogP contribution in [0.2, 0.25) is 0 Å². The van der Waals surface area contributed by atoms with E-state index in [2.05, 4.69) is 5.32 Å². The summed E-state index contributed by atoms with van der Waals surface area (Å²) in [6.45, 7) is 1.81. The topological polar surface area (TPSA) is 66.5 Å². The molecule has 1 heterocycles. The van der Waals surface area contributed by atoms with Crippen LogP contribution in [0.3, 0.4) is 0 Å². The summed E-state index contributed by atoms with van der Waals surface area (Å²) in [5.74, 6) is -0.285. The molecule has 1 aromatic heterocycles. The highest BCUT2D eigenvalue weighted by molar-refractivity contribution is 7.89. The summed E-state index contributed by atoms with van der Waals surface area (Å²) >= 11 is 1.59. The summed E-state index contributed by atoms with van der Waals surface area (Å²) < 4.78 is 25.0. The molecule has 0 aliphatic carbocycles. The maximum absolute atomic E-state index is 11.9. The van der Waals surface area contributed by atoms with Crippen molar-refractivity contribution in [1.82, 2.24) is 9.62 Å². The zero-order valence-electron chi connectivity index (χ0n) is 10.5. The van der Waals surface area contributed by atoms with Gasteiger partial charge in [0, 0.05) is 18.5 Å². The van der Waals surface area contributed by atoms with Gasteiger partial charge < -0.3 is 5.32 Å². The Morgan fingerprint density at radius 3 is 2.72 bits per heavy atom. The third-order valence-electron chi connectivity index (χ3n) is 2.54. The summed E-state index contributed by atoms with van der Waals surface area (Å²) in [4.78, 5) is 12.4. The van der Waals surface area contributed by atoms with Crippen LogP contribution in [0.25, 0.3) is 0 Å². The van der Waals surface area contributed by atoms with E-state index in [-0.39, 0.29) is 18.2 Å². The number of thiophene rings is 1. The molecule has 18 heavy (non-hydrogen) atoms. The van der Waals surface area contributed by atoms with Gasteiger partial charge in [0.1, 0.15) is 0 Å². The first-order chi connectivity index (χ1) is 8.49. The molecule has 1 aromatic rings. The van der Waals surface area contributed by atoms with Crippen LogP contribution in [-0.2, 0) is 21.2 Å². The number of hydrogen-bond acceptors (Lipinski definition) is 4. The van der Waals surface area contributed by atoms with Gasteiger partial charge in [0.25, 0.3) is 0 Å². The van der Waals surface area contributed by atoms with Crippen LogP contribution in [0.15, 0.2) is 17.5 Å². The molecule has 0 aliphatic rings. The Hall–Kier alpha value is -0.920. The standard InChI is InChI=1S/C11H18N2O3S2/c1-3-18(15,16)13(9-11(14)12-2)7-6-10-5-4-8-17-10/h4-5,8H,3,6-7,9H2,1-2H3,(H,12,14). The molecule has 0 aliphatic heterocycles. The molecule has 102 valence electrons. The van der Waals surface area contributed by atoms with Crippen molar-refractivity contribution >= 4 is 27.3 Å². The molecule has 1 N–H and O–H groups in total. The molecular weight excluding hydrogens is 272 g/mol. The van der Waals surface area contributed by atoms with Gasteiger partial charge in [-0.1, -0.05) is 6.07 Å². The number of carbonyl (C=O) groups is 1. The van der Waals surface area contributed by atoms with E-state index in [1.165, 1.54) is 11.4 Å². The molecule has 0 unspecified atom stereocenters. The lowest BCUT2D eigenvalue weighted by molar-refractivity contribution is -0.120. The molecule has 1 amide bonds. The first kappa shape index (κ1) is 15.1. The van der Waals surface area contributed by atoms with E-state index >= 15 is 0 Å². The Morgan fingerprint density at radius 1 is 1.50 bits per heavy atom. The van der Waals surface area contributed by atoms with Gasteiger partial charge >= 0.3 is 0 Å². The van der Waals surface area contributed by atoms with Crippen molar-refractivity contribution in [2.45, 2.75) is 13.3 Å². The average Bonchev–Trinajstić information content (AvgIpc) is 2.86. The average molecular weight is 290 g/mol. The Bertz CT molecular complexity index is 468. The molecule has 0 radical (unpaired) electrons. The number of nitrogens with zero attached hydrogens (tertiary/aromatic N) is 1. The quantitative estimate of drug-likeness (QED) is 0.803. The monoisotopic (exact) mass is 290 g/mol. The fourth-order valence-electron chi connectivity index (χ4n) is 1.43. The first-order valence-electron chi connectivity index (χ1n) is 5.70. The third-order valence-corrected chi connectivity index (χ3v) is 5.31. The van der Waals surface area contributed by atoms with Crippen LogP contribution < -0.4 is 5.32 Å². The molecule has 0 spiro atoms. The van der Waals surface area contributed by atoms with Gasteiger partial charge in [-0.15, -0.1) is 11.3 Å². The smallest absolute Gasteiger partial charge is 0.235 e. The number of sulfonamides is 1. The first-order valence-corrected chi connectivity index (χ1v) is 8.19. The molecule has 0 bridgehead atoms. The van der Waals surface area contributed by atoms with E-state index in [1.807, 2.05) is 17.5 Å². The van der Waals surface area contributed by atoms with E-state index in [0.717, 1.165) is 4.88 Å². The van der Waals surface area contributed by atoms with Gasteiger partial charge in [0.15, 0.2) is 0 Å². The van der Waals surface area contributed by atoms with Crippen molar-refractivity contribution in [3.63, 3.8) is 0 Å². The minimum absolute atomic E-state index is 0.00837. The van der Waals surface area contributed by atoms with Crippen molar-refractivity contribution in [1.29, 1.82) is 0 Å². The Kier molecular flexibility index (Phi) is 5.77. The molecule has 5 nitrogen and oxygen atoms in total. The number of rotatable bonds is 7. The van der Waals surface area contributed by atoms with E-state index in [4.69, 9.17) is 0 Å². The second kappa shape index (κ2) is 6.86. The zero-order chi connectivity index (χ0) is 13.6. The summed E-state index contributed by atoms with van der Waals surface area (Å²) in [5, 5.41) is 4.39. The maximum Gasteiger partial charge on any atom is 0.235 e. The van der Waals surface area contributed by atoms with Gasteiger partial charge in [-0.05, 0) is 24.8 Å². The van der Waals surface area contributed by atoms with E-state index in [9.17, 15) is 13.2 Å². The number of nitrogens with one attached hydrogen (secondary N) is 1. The predicted octanol–water partition coefficient (Wildman–Crippen LogP) is 0.688. The number of likely N-dealkylation sites (N-methyl/N-ethyl adjacent to an activating group) is 1.